The smallest absolute Gasteiger partial charge is 0.0659 e. The Hall–Kier alpha value is -0.100. The molecular weight excluding hydrogens is 178 g/mol. The molecule has 0 radical (unpaired) electrons. The highest BCUT2D eigenvalue weighted by Gasteiger charge is 2.09. The van der Waals surface area contributed by atoms with E-state index < -0.39 is 0 Å². The fraction of sp³-hybridized carbons (Fsp3) is 0.500. The minimum atomic E-state index is 0.248. The molecule has 62 valence electrons. The van der Waals surface area contributed by atoms with Gasteiger partial charge in [-0.05, 0) is 23.9 Å². The number of nitrogens with one attached hydrogen (secondary N) is 1. The largest absolute Gasteiger partial charge is 0.271 e. The van der Waals surface area contributed by atoms with Gasteiger partial charge in [0.2, 0.25) is 0 Å². The second-order valence-corrected chi connectivity index (χ2v) is 3.86. The Balaban J connectivity index is 2.56. The van der Waals surface area contributed by atoms with E-state index in [9.17, 15) is 0 Å². The van der Waals surface area contributed by atoms with Gasteiger partial charge in [0.25, 0.3) is 0 Å². The first-order valence-electron chi connectivity index (χ1n) is 3.24. The molecule has 11 heavy (non-hydrogen) atoms. The molecule has 1 heterocycles. The van der Waals surface area contributed by atoms with Gasteiger partial charge < -0.3 is 0 Å². The van der Waals surface area contributed by atoms with Gasteiger partial charge in [-0.25, -0.2) is 4.37 Å². The first-order valence-corrected chi connectivity index (χ1v) is 5.41. The van der Waals surface area contributed by atoms with Gasteiger partial charge in [0.15, 0.2) is 0 Å². The van der Waals surface area contributed by atoms with Crippen LogP contribution in [0.3, 0.4) is 0 Å². The monoisotopic (exact) mass is 189 g/mol. The summed E-state index contributed by atoms with van der Waals surface area (Å²) in [6.45, 7) is 0. The Kier molecular flexibility index (Phi) is 3.85. The Labute approximate surface area is 74.5 Å². The lowest BCUT2D eigenvalue weighted by atomic mass is 10.3. The number of thioether (sulfide) groups is 1. The third kappa shape index (κ3) is 2.44. The summed E-state index contributed by atoms with van der Waals surface area (Å²) in [4.78, 5) is 1.20. The highest BCUT2D eigenvalue weighted by molar-refractivity contribution is 7.98. The van der Waals surface area contributed by atoms with E-state index in [0.717, 1.165) is 5.75 Å². The second-order valence-electron chi connectivity index (χ2n) is 2.09. The normalized spacial score (nSPS) is 13.3. The van der Waals surface area contributed by atoms with E-state index in [2.05, 4.69) is 16.1 Å². The van der Waals surface area contributed by atoms with Crippen LogP contribution in [0.2, 0.25) is 0 Å². The number of hydrazine groups is 1. The summed E-state index contributed by atoms with van der Waals surface area (Å²) in [5.41, 5.74) is 2.75. The number of nitrogens with two attached hydrogens (primary N) is 1. The molecule has 0 aliphatic carbocycles. The summed E-state index contributed by atoms with van der Waals surface area (Å²) in [6, 6.07) is 2.24. The molecule has 0 fully saturated rings. The number of rotatable bonds is 4. The van der Waals surface area contributed by atoms with Gasteiger partial charge in [-0.3, -0.25) is 11.3 Å². The zero-order valence-electron chi connectivity index (χ0n) is 6.28. The molecule has 1 aromatic rings. The highest BCUT2D eigenvalue weighted by atomic mass is 32.2. The maximum atomic E-state index is 5.37. The van der Waals surface area contributed by atoms with Crippen molar-refractivity contribution in [3.05, 3.63) is 17.1 Å². The molecule has 0 bridgehead atoms. The first kappa shape index (κ1) is 8.99. The number of hydrogen-bond acceptors (Lipinski definition) is 5. The maximum Gasteiger partial charge on any atom is 0.0659 e. The zero-order chi connectivity index (χ0) is 8.10. The van der Waals surface area contributed by atoms with Gasteiger partial charge in [-0.15, -0.1) is 0 Å². The first-order chi connectivity index (χ1) is 5.38. The minimum absolute atomic E-state index is 0.248. The standard InChI is InChI=1S/C6H11N3S2/c1-10-4-5(9-7)6-2-3-8-11-6/h2-3,5,9H,4,7H2,1H3. The average molecular weight is 189 g/mol. The van der Waals surface area contributed by atoms with E-state index in [-0.39, 0.29) is 6.04 Å². The fourth-order valence-electron chi connectivity index (χ4n) is 0.784. The van der Waals surface area contributed by atoms with Gasteiger partial charge in [-0.2, -0.15) is 11.8 Å². The number of hydrogen-bond donors (Lipinski definition) is 2. The van der Waals surface area contributed by atoms with Crippen LogP contribution in [0.25, 0.3) is 0 Å². The van der Waals surface area contributed by atoms with Gasteiger partial charge >= 0.3 is 0 Å². The average Bonchev–Trinajstić information content (AvgIpc) is 2.52. The lowest BCUT2D eigenvalue weighted by molar-refractivity contribution is 0.621. The fourth-order valence-corrected chi connectivity index (χ4v) is 2.14. The van der Waals surface area contributed by atoms with Gasteiger partial charge in [0.05, 0.1) is 6.04 Å². The van der Waals surface area contributed by atoms with E-state index in [4.69, 9.17) is 5.84 Å². The summed E-state index contributed by atoms with van der Waals surface area (Å²) in [5, 5.41) is 0. The summed E-state index contributed by atoms with van der Waals surface area (Å²) in [6.07, 6.45) is 3.86. The van der Waals surface area contributed by atoms with E-state index in [0.29, 0.717) is 0 Å². The molecule has 0 saturated carbocycles. The molecule has 1 aromatic heterocycles. The zero-order valence-corrected chi connectivity index (χ0v) is 7.91. The van der Waals surface area contributed by atoms with Crippen LogP contribution in [0.15, 0.2) is 12.3 Å². The third-order valence-electron chi connectivity index (χ3n) is 1.34. The maximum absolute atomic E-state index is 5.37. The van der Waals surface area contributed by atoms with Crippen LogP contribution in [0, 0.1) is 0 Å². The SMILES string of the molecule is CSCC(NN)c1ccns1. The lowest BCUT2D eigenvalue weighted by Crippen LogP contribution is -2.28. The molecule has 0 aliphatic heterocycles. The molecular formula is C6H11N3S2. The van der Waals surface area contributed by atoms with Crippen LogP contribution >= 0.6 is 23.3 Å². The summed E-state index contributed by atoms with van der Waals surface area (Å²) >= 11 is 3.26. The Morgan fingerprint density at radius 3 is 3.18 bits per heavy atom. The van der Waals surface area contributed by atoms with Crippen LogP contribution in [-0.2, 0) is 0 Å². The second kappa shape index (κ2) is 4.71. The molecule has 0 amide bonds. The van der Waals surface area contributed by atoms with Crippen LogP contribution in [0.5, 0.6) is 0 Å². The predicted octanol–water partition coefficient (Wildman–Crippen LogP) is 1.01. The van der Waals surface area contributed by atoms with Gasteiger partial charge in [0, 0.05) is 16.8 Å². The molecule has 3 nitrogen and oxygen atoms in total. The highest BCUT2D eigenvalue weighted by Crippen LogP contribution is 2.18. The van der Waals surface area contributed by atoms with Crippen molar-refractivity contribution < 1.29 is 0 Å². The summed E-state index contributed by atoms with van der Waals surface area (Å²) < 4.78 is 4.01. The third-order valence-corrected chi connectivity index (χ3v) is 2.86. The number of aromatic nitrogens is 1. The van der Waals surface area contributed by atoms with E-state index in [1.54, 1.807) is 18.0 Å². The van der Waals surface area contributed by atoms with E-state index in [1.807, 2.05) is 6.07 Å². The molecule has 1 atom stereocenters. The molecule has 0 spiro atoms. The van der Waals surface area contributed by atoms with Crippen molar-refractivity contribution in [3.63, 3.8) is 0 Å². The van der Waals surface area contributed by atoms with Crippen LogP contribution in [0.1, 0.15) is 10.9 Å². The van der Waals surface area contributed by atoms with Crippen LogP contribution in [-0.4, -0.2) is 16.4 Å². The lowest BCUT2D eigenvalue weighted by Gasteiger charge is -2.10. The molecule has 1 unspecified atom stereocenters. The number of nitrogens with zero attached hydrogens (tertiary/aromatic N) is 1. The van der Waals surface area contributed by atoms with Gasteiger partial charge in [-0.1, -0.05) is 0 Å². The van der Waals surface area contributed by atoms with Crippen molar-refractivity contribution in [1.82, 2.24) is 9.80 Å². The quantitative estimate of drug-likeness (QED) is 0.548. The predicted molar refractivity (Wildman–Crippen MR) is 50.6 cm³/mol. The van der Waals surface area contributed by atoms with Gasteiger partial charge in [0.1, 0.15) is 0 Å². The topological polar surface area (TPSA) is 50.9 Å². The van der Waals surface area contributed by atoms with E-state index in [1.165, 1.54) is 16.4 Å². The molecule has 3 N–H and O–H groups in total. The molecule has 0 aliphatic rings. The van der Waals surface area contributed by atoms with Crippen molar-refractivity contribution >= 4 is 23.3 Å². The molecule has 0 aromatic carbocycles. The van der Waals surface area contributed by atoms with Crippen molar-refractivity contribution in [2.45, 2.75) is 6.04 Å². The summed E-state index contributed by atoms with van der Waals surface area (Å²) in [5.74, 6) is 6.35. The van der Waals surface area contributed by atoms with Crippen molar-refractivity contribution in [3.8, 4) is 0 Å². The summed E-state index contributed by atoms with van der Waals surface area (Å²) in [7, 11) is 0. The van der Waals surface area contributed by atoms with Crippen LogP contribution < -0.4 is 11.3 Å². The molecule has 5 heteroatoms. The van der Waals surface area contributed by atoms with Crippen LogP contribution in [0.4, 0.5) is 0 Å². The van der Waals surface area contributed by atoms with Crippen molar-refractivity contribution in [1.29, 1.82) is 0 Å². The Bertz CT molecular complexity index is 188. The Morgan fingerprint density at radius 2 is 2.73 bits per heavy atom. The van der Waals surface area contributed by atoms with Crippen molar-refractivity contribution in [2.24, 2.45) is 5.84 Å². The van der Waals surface area contributed by atoms with Crippen molar-refractivity contribution in [2.75, 3.05) is 12.0 Å². The molecule has 1 rings (SSSR count). The van der Waals surface area contributed by atoms with E-state index >= 15 is 0 Å². The minimum Gasteiger partial charge on any atom is -0.271 e. The Morgan fingerprint density at radius 1 is 1.91 bits per heavy atom. The molecule has 0 saturated heterocycles.